The summed E-state index contributed by atoms with van der Waals surface area (Å²) in [5.41, 5.74) is 0.487. The fraction of sp³-hybridized carbons (Fsp3) is 0.429. The van der Waals surface area contributed by atoms with Crippen molar-refractivity contribution in [1.82, 2.24) is 10.2 Å². The van der Waals surface area contributed by atoms with Gasteiger partial charge in [0.05, 0.1) is 3.57 Å². The largest absolute Gasteiger partial charge is 0.507 e. The second-order valence-corrected chi connectivity index (χ2v) is 6.01. The second kappa shape index (κ2) is 6.43. The quantitative estimate of drug-likeness (QED) is 0.757. The lowest BCUT2D eigenvalue weighted by atomic mass is 9.95. The molecule has 1 aromatic rings. The van der Waals surface area contributed by atoms with Crippen molar-refractivity contribution in [2.24, 2.45) is 5.92 Å². The standard InChI is InChI=1S/C14H17IN2O3/c1-16-13(19)9-4-6-17(7-5-9)14(20)10-2-3-11(15)12(18)8-10/h2-3,8-9,18H,4-7H2,1H3,(H,16,19). The van der Waals surface area contributed by atoms with Crippen molar-refractivity contribution < 1.29 is 14.7 Å². The number of hydrogen-bond donors (Lipinski definition) is 2. The number of halogens is 1. The van der Waals surface area contributed by atoms with Gasteiger partial charge in [0.25, 0.3) is 5.91 Å². The number of benzene rings is 1. The van der Waals surface area contributed by atoms with Crippen molar-refractivity contribution in [3.05, 3.63) is 27.3 Å². The third-order valence-corrected chi connectivity index (χ3v) is 4.50. The van der Waals surface area contributed by atoms with Gasteiger partial charge in [-0.2, -0.15) is 0 Å². The molecule has 0 aromatic heterocycles. The summed E-state index contributed by atoms with van der Waals surface area (Å²) in [6.07, 6.45) is 1.36. The van der Waals surface area contributed by atoms with Gasteiger partial charge >= 0.3 is 0 Å². The molecule has 2 N–H and O–H groups in total. The number of aromatic hydroxyl groups is 1. The molecule has 108 valence electrons. The number of likely N-dealkylation sites (tertiary alicyclic amines) is 1. The van der Waals surface area contributed by atoms with Gasteiger partial charge in [-0.25, -0.2) is 0 Å². The number of amides is 2. The number of carbonyl (C=O) groups excluding carboxylic acids is 2. The molecule has 0 atom stereocenters. The molecule has 5 nitrogen and oxygen atoms in total. The van der Waals surface area contributed by atoms with Crippen LogP contribution >= 0.6 is 22.6 Å². The van der Waals surface area contributed by atoms with E-state index in [1.54, 1.807) is 24.1 Å². The molecule has 1 fully saturated rings. The van der Waals surface area contributed by atoms with E-state index in [0.717, 1.165) is 3.57 Å². The normalized spacial score (nSPS) is 16.0. The summed E-state index contributed by atoms with van der Waals surface area (Å²) in [4.78, 5) is 25.6. The summed E-state index contributed by atoms with van der Waals surface area (Å²) in [5.74, 6) is 0.0712. The number of hydrogen-bond acceptors (Lipinski definition) is 3. The first kappa shape index (κ1) is 15.1. The topological polar surface area (TPSA) is 69.6 Å². The number of carbonyl (C=O) groups is 2. The third kappa shape index (κ3) is 3.23. The van der Waals surface area contributed by atoms with E-state index in [-0.39, 0.29) is 23.5 Å². The smallest absolute Gasteiger partial charge is 0.253 e. The minimum absolute atomic E-state index is 0.00539. The van der Waals surface area contributed by atoms with Gasteiger partial charge < -0.3 is 15.3 Å². The average molecular weight is 388 g/mol. The highest BCUT2D eigenvalue weighted by molar-refractivity contribution is 14.1. The summed E-state index contributed by atoms with van der Waals surface area (Å²) in [7, 11) is 1.63. The zero-order chi connectivity index (χ0) is 14.7. The molecule has 1 aliphatic rings. The van der Waals surface area contributed by atoms with E-state index in [1.165, 1.54) is 6.07 Å². The molecule has 0 spiro atoms. The van der Waals surface area contributed by atoms with Crippen LogP contribution in [0.5, 0.6) is 5.75 Å². The molecule has 0 radical (unpaired) electrons. The molecule has 1 aromatic carbocycles. The Labute approximate surface area is 131 Å². The van der Waals surface area contributed by atoms with Crippen molar-refractivity contribution in [2.45, 2.75) is 12.8 Å². The van der Waals surface area contributed by atoms with Crippen LogP contribution in [0.4, 0.5) is 0 Å². The fourth-order valence-electron chi connectivity index (χ4n) is 2.38. The Bertz CT molecular complexity index is 525. The molecule has 6 heteroatoms. The van der Waals surface area contributed by atoms with E-state index in [4.69, 9.17) is 0 Å². The highest BCUT2D eigenvalue weighted by atomic mass is 127. The number of phenolic OH excluding ortho intramolecular Hbond substituents is 1. The van der Waals surface area contributed by atoms with E-state index >= 15 is 0 Å². The van der Waals surface area contributed by atoms with Crippen LogP contribution < -0.4 is 5.32 Å². The Hall–Kier alpha value is -1.31. The Morgan fingerprint density at radius 2 is 2.00 bits per heavy atom. The van der Waals surface area contributed by atoms with Crippen LogP contribution in [-0.4, -0.2) is 42.0 Å². The first-order valence-corrected chi connectivity index (χ1v) is 7.60. The van der Waals surface area contributed by atoms with Crippen LogP contribution in [0, 0.1) is 9.49 Å². The van der Waals surface area contributed by atoms with Crippen molar-refractivity contribution >= 4 is 34.4 Å². The van der Waals surface area contributed by atoms with Crippen molar-refractivity contribution in [3.63, 3.8) is 0 Å². The summed E-state index contributed by atoms with van der Waals surface area (Å²) in [5, 5.41) is 12.3. The van der Waals surface area contributed by atoms with Crippen LogP contribution in [0.2, 0.25) is 0 Å². The molecule has 0 aliphatic carbocycles. The number of phenols is 1. The van der Waals surface area contributed by atoms with Gasteiger partial charge in [-0.3, -0.25) is 9.59 Å². The zero-order valence-corrected chi connectivity index (χ0v) is 13.4. The van der Waals surface area contributed by atoms with Gasteiger partial charge in [0.15, 0.2) is 0 Å². The van der Waals surface area contributed by atoms with Crippen LogP contribution in [0.1, 0.15) is 23.2 Å². The Morgan fingerprint density at radius 3 is 2.55 bits per heavy atom. The van der Waals surface area contributed by atoms with Crippen molar-refractivity contribution in [3.8, 4) is 5.75 Å². The van der Waals surface area contributed by atoms with E-state index in [1.807, 2.05) is 22.6 Å². The molecule has 2 amide bonds. The molecule has 1 heterocycles. The lowest BCUT2D eigenvalue weighted by Crippen LogP contribution is -2.42. The number of rotatable bonds is 2. The lowest BCUT2D eigenvalue weighted by molar-refractivity contribution is -0.125. The molecular formula is C14H17IN2O3. The predicted octanol–water partition coefficient (Wildman–Crippen LogP) is 1.59. The van der Waals surface area contributed by atoms with Gasteiger partial charge in [0.1, 0.15) is 5.75 Å². The molecule has 0 saturated carbocycles. The minimum Gasteiger partial charge on any atom is -0.507 e. The van der Waals surface area contributed by atoms with E-state index in [2.05, 4.69) is 5.32 Å². The summed E-state index contributed by atoms with van der Waals surface area (Å²) in [6.45, 7) is 1.15. The summed E-state index contributed by atoms with van der Waals surface area (Å²) in [6, 6.07) is 4.93. The second-order valence-electron chi connectivity index (χ2n) is 4.85. The van der Waals surface area contributed by atoms with Gasteiger partial charge in [0.2, 0.25) is 5.91 Å². The van der Waals surface area contributed by atoms with Gasteiger partial charge in [-0.1, -0.05) is 0 Å². The summed E-state index contributed by atoms with van der Waals surface area (Å²) >= 11 is 2.01. The minimum atomic E-state index is -0.0907. The molecular weight excluding hydrogens is 371 g/mol. The summed E-state index contributed by atoms with van der Waals surface area (Å²) < 4.78 is 0.720. The molecule has 1 saturated heterocycles. The Balaban J connectivity index is 2.01. The van der Waals surface area contributed by atoms with Crippen molar-refractivity contribution in [1.29, 1.82) is 0 Å². The van der Waals surface area contributed by atoms with E-state index in [9.17, 15) is 14.7 Å². The molecule has 0 bridgehead atoms. The molecule has 2 rings (SSSR count). The highest BCUT2D eigenvalue weighted by Crippen LogP contribution is 2.23. The SMILES string of the molecule is CNC(=O)C1CCN(C(=O)c2ccc(I)c(O)c2)CC1. The van der Waals surface area contributed by atoms with Crippen LogP contribution in [-0.2, 0) is 4.79 Å². The van der Waals surface area contributed by atoms with Gasteiger partial charge in [-0.05, 0) is 53.6 Å². The van der Waals surface area contributed by atoms with Crippen LogP contribution in [0.15, 0.2) is 18.2 Å². The number of nitrogens with one attached hydrogen (secondary N) is 1. The molecule has 1 aliphatic heterocycles. The lowest BCUT2D eigenvalue weighted by Gasteiger charge is -2.31. The van der Waals surface area contributed by atoms with Crippen molar-refractivity contribution in [2.75, 3.05) is 20.1 Å². The highest BCUT2D eigenvalue weighted by Gasteiger charge is 2.27. The fourth-order valence-corrected chi connectivity index (χ4v) is 2.71. The number of piperidine rings is 1. The monoisotopic (exact) mass is 388 g/mol. The maximum Gasteiger partial charge on any atom is 0.253 e. The Kier molecular flexibility index (Phi) is 4.85. The van der Waals surface area contributed by atoms with E-state index in [0.29, 0.717) is 31.5 Å². The first-order valence-electron chi connectivity index (χ1n) is 6.52. The third-order valence-electron chi connectivity index (χ3n) is 3.59. The van der Waals surface area contributed by atoms with Gasteiger partial charge in [-0.15, -0.1) is 0 Å². The Morgan fingerprint density at radius 1 is 1.35 bits per heavy atom. The first-order chi connectivity index (χ1) is 9.52. The predicted molar refractivity (Wildman–Crippen MR) is 83.5 cm³/mol. The van der Waals surface area contributed by atoms with E-state index < -0.39 is 0 Å². The average Bonchev–Trinajstić information content (AvgIpc) is 2.48. The van der Waals surface area contributed by atoms with Gasteiger partial charge in [0, 0.05) is 31.6 Å². The van der Waals surface area contributed by atoms with Crippen LogP contribution in [0.25, 0.3) is 0 Å². The maximum absolute atomic E-state index is 12.3. The molecule has 20 heavy (non-hydrogen) atoms. The number of nitrogens with zero attached hydrogens (tertiary/aromatic N) is 1. The maximum atomic E-state index is 12.3. The zero-order valence-electron chi connectivity index (χ0n) is 11.2. The molecule has 0 unspecified atom stereocenters. The van der Waals surface area contributed by atoms with Crippen LogP contribution in [0.3, 0.4) is 0 Å².